The minimum Gasteiger partial charge on any atom is -0.454 e. The lowest BCUT2D eigenvalue weighted by Gasteiger charge is -2.16. The summed E-state index contributed by atoms with van der Waals surface area (Å²) < 4.78 is 16.1. The molecule has 0 bridgehead atoms. The molecule has 0 N–H and O–H groups in total. The molecule has 2 aromatic carbocycles. The van der Waals surface area contributed by atoms with E-state index in [9.17, 15) is 9.59 Å². The van der Waals surface area contributed by atoms with Gasteiger partial charge in [0.05, 0.1) is 0 Å². The van der Waals surface area contributed by atoms with Crippen LogP contribution in [0.15, 0.2) is 57.7 Å². The van der Waals surface area contributed by atoms with Crippen molar-refractivity contribution < 1.29 is 18.7 Å². The molecule has 3 heterocycles. The Balaban J connectivity index is 1.39. The van der Waals surface area contributed by atoms with Crippen LogP contribution in [0.4, 0.5) is 0 Å². The summed E-state index contributed by atoms with van der Waals surface area (Å²) in [7, 11) is 0. The monoisotopic (exact) mass is 363 g/mol. The highest BCUT2D eigenvalue weighted by molar-refractivity contribution is 5.96. The minimum atomic E-state index is -0.592. The van der Waals surface area contributed by atoms with Crippen molar-refractivity contribution >= 4 is 16.9 Å². The lowest BCUT2D eigenvalue weighted by molar-refractivity contribution is 0.0787. The number of likely N-dealkylation sites (tertiary alicyclic amines) is 1. The van der Waals surface area contributed by atoms with E-state index >= 15 is 0 Å². The highest BCUT2D eigenvalue weighted by atomic mass is 16.7. The molecule has 1 aromatic heterocycles. The van der Waals surface area contributed by atoms with E-state index in [2.05, 4.69) is 0 Å². The van der Waals surface area contributed by atoms with Crippen molar-refractivity contribution in [3.63, 3.8) is 0 Å². The number of fused-ring (bicyclic) bond motifs is 2. The zero-order valence-corrected chi connectivity index (χ0v) is 14.5. The molecular formula is C21H17NO5. The topological polar surface area (TPSA) is 69.0 Å². The molecule has 2 aliphatic heterocycles. The Kier molecular flexibility index (Phi) is 3.63. The second-order valence-corrected chi connectivity index (χ2v) is 6.83. The van der Waals surface area contributed by atoms with E-state index < -0.39 is 5.63 Å². The van der Waals surface area contributed by atoms with Crippen molar-refractivity contribution in [3.05, 3.63) is 70.1 Å². The molecule has 0 radical (unpaired) electrons. The predicted molar refractivity (Wildman–Crippen MR) is 98.3 cm³/mol. The van der Waals surface area contributed by atoms with Gasteiger partial charge in [-0.3, -0.25) is 4.79 Å². The number of hydrogen-bond donors (Lipinski definition) is 0. The second kappa shape index (κ2) is 6.16. The average Bonchev–Trinajstić information content (AvgIpc) is 3.35. The van der Waals surface area contributed by atoms with Gasteiger partial charge >= 0.3 is 5.63 Å². The fourth-order valence-electron chi connectivity index (χ4n) is 3.77. The quantitative estimate of drug-likeness (QED) is 0.654. The van der Waals surface area contributed by atoms with Crippen LogP contribution in [0, 0.1) is 0 Å². The van der Waals surface area contributed by atoms with Crippen molar-refractivity contribution in [1.82, 2.24) is 4.90 Å². The smallest absolute Gasteiger partial charge is 0.349 e. The fourth-order valence-corrected chi connectivity index (χ4v) is 3.77. The van der Waals surface area contributed by atoms with Crippen molar-refractivity contribution in [3.8, 4) is 11.5 Å². The highest BCUT2D eigenvalue weighted by Gasteiger charge is 2.30. The van der Waals surface area contributed by atoms with Crippen LogP contribution in [0.2, 0.25) is 0 Å². The van der Waals surface area contributed by atoms with Gasteiger partial charge in [0.25, 0.3) is 5.91 Å². The zero-order chi connectivity index (χ0) is 18.4. The maximum atomic E-state index is 12.9. The van der Waals surface area contributed by atoms with Crippen LogP contribution < -0.4 is 15.1 Å². The maximum Gasteiger partial charge on any atom is 0.349 e. The number of carbonyl (C=O) groups excluding carboxylic acids is 1. The standard InChI is InChI=1S/C21H17NO5/c23-20(16-9-14-3-1-2-4-17(14)27-21(16)24)22-8-7-15(11-22)13-5-6-18-19(10-13)26-12-25-18/h1-6,9-10,15H,7-8,11-12H2. The van der Waals surface area contributed by atoms with Gasteiger partial charge in [0.1, 0.15) is 11.1 Å². The number of benzene rings is 2. The first-order valence-electron chi connectivity index (χ1n) is 8.91. The van der Waals surface area contributed by atoms with Crippen LogP contribution in [0.5, 0.6) is 11.5 Å². The molecule has 6 nitrogen and oxygen atoms in total. The van der Waals surface area contributed by atoms with Crippen molar-refractivity contribution in [2.24, 2.45) is 0 Å². The van der Waals surface area contributed by atoms with Gasteiger partial charge in [-0.2, -0.15) is 0 Å². The molecule has 2 aliphatic rings. The third kappa shape index (κ3) is 2.73. The van der Waals surface area contributed by atoms with E-state index in [0.717, 1.165) is 28.9 Å². The van der Waals surface area contributed by atoms with Crippen LogP contribution in [-0.4, -0.2) is 30.7 Å². The van der Waals surface area contributed by atoms with Gasteiger partial charge in [-0.1, -0.05) is 24.3 Å². The maximum absolute atomic E-state index is 12.9. The number of ether oxygens (including phenoxy) is 2. The molecule has 0 spiro atoms. The molecule has 1 amide bonds. The summed E-state index contributed by atoms with van der Waals surface area (Å²) in [5.41, 5.74) is 1.09. The third-order valence-corrected chi connectivity index (χ3v) is 5.22. The normalized spacial score (nSPS) is 18.2. The summed E-state index contributed by atoms with van der Waals surface area (Å²) in [5.74, 6) is 1.42. The Bertz CT molecular complexity index is 1100. The van der Waals surface area contributed by atoms with Crippen molar-refractivity contribution in [1.29, 1.82) is 0 Å². The van der Waals surface area contributed by atoms with Crippen LogP contribution in [0.3, 0.4) is 0 Å². The largest absolute Gasteiger partial charge is 0.454 e. The molecule has 6 heteroatoms. The van der Waals surface area contributed by atoms with Crippen molar-refractivity contribution in [2.45, 2.75) is 12.3 Å². The molecule has 0 saturated carbocycles. The summed E-state index contributed by atoms with van der Waals surface area (Å²) in [6.45, 7) is 1.40. The number of para-hydroxylation sites is 1. The van der Waals surface area contributed by atoms with E-state index in [-0.39, 0.29) is 24.2 Å². The minimum absolute atomic E-state index is 0.0834. The molecule has 0 aliphatic carbocycles. The van der Waals surface area contributed by atoms with E-state index in [1.54, 1.807) is 23.1 Å². The Hall–Kier alpha value is -3.28. The van der Waals surface area contributed by atoms with E-state index in [4.69, 9.17) is 13.9 Å². The van der Waals surface area contributed by atoms with Crippen LogP contribution in [0.25, 0.3) is 11.0 Å². The summed E-state index contributed by atoms with van der Waals surface area (Å²) in [6.07, 6.45) is 0.838. The van der Waals surface area contributed by atoms with Gasteiger partial charge in [-0.25, -0.2) is 4.79 Å². The molecule has 1 saturated heterocycles. The van der Waals surface area contributed by atoms with E-state index in [0.29, 0.717) is 18.7 Å². The second-order valence-electron chi connectivity index (χ2n) is 6.83. The number of carbonyl (C=O) groups is 1. The van der Waals surface area contributed by atoms with Crippen LogP contribution in [-0.2, 0) is 0 Å². The Morgan fingerprint density at radius 3 is 2.81 bits per heavy atom. The number of hydrogen-bond acceptors (Lipinski definition) is 5. The Morgan fingerprint density at radius 2 is 1.89 bits per heavy atom. The first-order chi connectivity index (χ1) is 13.2. The number of amides is 1. The molecule has 5 rings (SSSR count). The Morgan fingerprint density at radius 1 is 1.04 bits per heavy atom. The molecule has 3 aromatic rings. The van der Waals surface area contributed by atoms with E-state index in [1.165, 1.54) is 0 Å². The van der Waals surface area contributed by atoms with Gasteiger partial charge in [0.15, 0.2) is 11.5 Å². The first kappa shape index (κ1) is 15.9. The van der Waals surface area contributed by atoms with Crippen molar-refractivity contribution in [2.75, 3.05) is 19.9 Å². The molecule has 1 atom stereocenters. The highest BCUT2D eigenvalue weighted by Crippen LogP contribution is 2.37. The van der Waals surface area contributed by atoms with E-state index in [1.807, 2.05) is 30.3 Å². The third-order valence-electron chi connectivity index (χ3n) is 5.22. The molecule has 1 unspecified atom stereocenters. The number of rotatable bonds is 2. The van der Waals surface area contributed by atoms with Crippen LogP contribution >= 0.6 is 0 Å². The summed E-state index contributed by atoms with van der Waals surface area (Å²) in [5, 5.41) is 0.743. The summed E-state index contributed by atoms with van der Waals surface area (Å²) in [4.78, 5) is 26.9. The zero-order valence-electron chi connectivity index (χ0n) is 14.5. The lowest BCUT2D eigenvalue weighted by atomic mass is 9.98. The Labute approximate surface area is 154 Å². The predicted octanol–water partition coefficient (Wildman–Crippen LogP) is 3.15. The van der Waals surface area contributed by atoms with Gasteiger partial charge < -0.3 is 18.8 Å². The van der Waals surface area contributed by atoms with Gasteiger partial charge in [0.2, 0.25) is 6.79 Å². The van der Waals surface area contributed by atoms with Crippen LogP contribution in [0.1, 0.15) is 28.3 Å². The van der Waals surface area contributed by atoms with Gasteiger partial charge in [0, 0.05) is 24.4 Å². The van der Waals surface area contributed by atoms with Gasteiger partial charge in [-0.05, 0) is 36.2 Å². The SMILES string of the molecule is O=C(c1cc2ccccc2oc1=O)N1CCC(c2ccc3c(c2)OCO3)C1. The molecule has 136 valence electrons. The number of nitrogens with zero attached hydrogens (tertiary/aromatic N) is 1. The molecule has 1 fully saturated rings. The summed E-state index contributed by atoms with van der Waals surface area (Å²) >= 11 is 0. The van der Waals surface area contributed by atoms with Gasteiger partial charge in [-0.15, -0.1) is 0 Å². The molecule has 27 heavy (non-hydrogen) atoms. The lowest BCUT2D eigenvalue weighted by Crippen LogP contribution is -2.32. The average molecular weight is 363 g/mol. The summed E-state index contributed by atoms with van der Waals surface area (Å²) in [6, 6.07) is 14.7. The fraction of sp³-hybridized carbons (Fsp3) is 0.238. The first-order valence-corrected chi connectivity index (χ1v) is 8.91. The molecular weight excluding hydrogens is 346 g/mol.